The maximum atomic E-state index is 3.25. The highest BCUT2D eigenvalue weighted by Crippen LogP contribution is 2.27. The molecule has 76 valence electrons. The minimum atomic E-state index is 1.21. The summed E-state index contributed by atoms with van der Waals surface area (Å²) < 4.78 is 0. The summed E-state index contributed by atoms with van der Waals surface area (Å²) in [6.45, 7) is 2.41. The Bertz CT molecular complexity index is 290. The molecule has 1 aromatic rings. The van der Waals surface area contributed by atoms with Gasteiger partial charge in [0.1, 0.15) is 0 Å². The largest absolute Gasteiger partial charge is 0.386 e. The third kappa shape index (κ3) is 1.84. The van der Waals surface area contributed by atoms with Crippen LogP contribution in [0.3, 0.4) is 0 Å². The number of anilines is 2. The molecule has 2 heteroatoms. The second-order valence-electron chi connectivity index (χ2n) is 3.81. The molecule has 1 aliphatic heterocycles. The second-order valence-corrected chi connectivity index (χ2v) is 3.81. The lowest BCUT2D eigenvalue weighted by Gasteiger charge is -2.30. The van der Waals surface area contributed by atoms with E-state index in [1.54, 1.807) is 0 Å². The third-order valence-corrected chi connectivity index (χ3v) is 2.87. The van der Waals surface area contributed by atoms with Crippen LogP contribution in [0.25, 0.3) is 0 Å². The highest BCUT2D eigenvalue weighted by Gasteiger charge is 2.12. The number of hydrogen-bond donors (Lipinski definition) is 1. The molecule has 1 fully saturated rings. The molecule has 1 aliphatic rings. The highest BCUT2D eigenvalue weighted by atomic mass is 15.1. The number of piperidine rings is 1. The van der Waals surface area contributed by atoms with E-state index in [4.69, 9.17) is 0 Å². The Hall–Kier alpha value is -1.18. The van der Waals surface area contributed by atoms with Crippen molar-refractivity contribution < 1.29 is 0 Å². The van der Waals surface area contributed by atoms with Crippen molar-refractivity contribution in [3.63, 3.8) is 0 Å². The SMILES string of the molecule is CNc1ccccc1N1CCCCC1. The molecule has 0 atom stereocenters. The summed E-state index contributed by atoms with van der Waals surface area (Å²) in [7, 11) is 1.99. The van der Waals surface area contributed by atoms with E-state index in [-0.39, 0.29) is 0 Å². The molecule has 14 heavy (non-hydrogen) atoms. The van der Waals surface area contributed by atoms with Crippen molar-refractivity contribution in [2.75, 3.05) is 30.4 Å². The first-order valence-electron chi connectivity index (χ1n) is 5.43. The number of nitrogens with one attached hydrogen (secondary N) is 1. The van der Waals surface area contributed by atoms with E-state index in [1.807, 2.05) is 7.05 Å². The Morgan fingerprint density at radius 2 is 1.79 bits per heavy atom. The van der Waals surface area contributed by atoms with E-state index in [1.165, 1.54) is 43.7 Å². The summed E-state index contributed by atoms with van der Waals surface area (Å²) in [5.41, 5.74) is 2.60. The number of hydrogen-bond acceptors (Lipinski definition) is 2. The molecule has 1 aromatic carbocycles. The van der Waals surface area contributed by atoms with E-state index >= 15 is 0 Å². The van der Waals surface area contributed by atoms with Crippen LogP contribution in [0.4, 0.5) is 11.4 Å². The van der Waals surface area contributed by atoms with Gasteiger partial charge in [-0.1, -0.05) is 12.1 Å². The van der Waals surface area contributed by atoms with E-state index in [0.717, 1.165) is 0 Å². The lowest BCUT2D eigenvalue weighted by atomic mass is 10.1. The zero-order chi connectivity index (χ0) is 9.80. The van der Waals surface area contributed by atoms with Crippen LogP contribution in [-0.4, -0.2) is 20.1 Å². The molecular formula is C12H18N2. The Kier molecular flexibility index (Phi) is 2.92. The quantitative estimate of drug-likeness (QED) is 0.771. The van der Waals surface area contributed by atoms with Gasteiger partial charge in [-0.3, -0.25) is 0 Å². The van der Waals surface area contributed by atoms with Gasteiger partial charge in [0.05, 0.1) is 11.4 Å². The minimum absolute atomic E-state index is 1.21. The first-order valence-corrected chi connectivity index (χ1v) is 5.43. The van der Waals surface area contributed by atoms with Gasteiger partial charge in [0.2, 0.25) is 0 Å². The third-order valence-electron chi connectivity index (χ3n) is 2.87. The van der Waals surface area contributed by atoms with Gasteiger partial charge in [-0.15, -0.1) is 0 Å². The maximum Gasteiger partial charge on any atom is 0.0601 e. The average Bonchev–Trinajstić information content (AvgIpc) is 2.30. The van der Waals surface area contributed by atoms with Gasteiger partial charge in [0.25, 0.3) is 0 Å². The molecule has 1 heterocycles. The van der Waals surface area contributed by atoms with Crippen LogP contribution >= 0.6 is 0 Å². The summed E-state index contributed by atoms with van der Waals surface area (Å²) in [5, 5.41) is 3.25. The Balaban J connectivity index is 2.20. The van der Waals surface area contributed by atoms with Gasteiger partial charge in [0.15, 0.2) is 0 Å². The molecular weight excluding hydrogens is 172 g/mol. The van der Waals surface area contributed by atoms with Crippen LogP contribution < -0.4 is 10.2 Å². The first-order chi connectivity index (χ1) is 6.92. The van der Waals surface area contributed by atoms with E-state index in [2.05, 4.69) is 34.5 Å². The van der Waals surface area contributed by atoms with Crippen molar-refractivity contribution in [2.45, 2.75) is 19.3 Å². The molecule has 0 bridgehead atoms. The topological polar surface area (TPSA) is 15.3 Å². The lowest BCUT2D eigenvalue weighted by Crippen LogP contribution is -2.29. The predicted molar refractivity (Wildman–Crippen MR) is 62.1 cm³/mol. The summed E-state index contributed by atoms with van der Waals surface area (Å²) >= 11 is 0. The molecule has 1 N–H and O–H groups in total. The average molecular weight is 190 g/mol. The van der Waals surface area contributed by atoms with Crippen LogP contribution in [0, 0.1) is 0 Å². The van der Waals surface area contributed by atoms with Crippen molar-refractivity contribution in [3.8, 4) is 0 Å². The molecule has 2 nitrogen and oxygen atoms in total. The molecule has 1 saturated heterocycles. The summed E-state index contributed by atoms with van der Waals surface area (Å²) in [6.07, 6.45) is 4.05. The van der Waals surface area contributed by atoms with Crippen molar-refractivity contribution in [2.24, 2.45) is 0 Å². The van der Waals surface area contributed by atoms with Crippen LogP contribution in [0.15, 0.2) is 24.3 Å². The fourth-order valence-corrected chi connectivity index (χ4v) is 2.10. The smallest absolute Gasteiger partial charge is 0.0601 e. The summed E-state index contributed by atoms with van der Waals surface area (Å²) in [6, 6.07) is 8.55. The predicted octanol–water partition coefficient (Wildman–Crippen LogP) is 2.72. The van der Waals surface area contributed by atoms with Crippen molar-refractivity contribution >= 4 is 11.4 Å². The van der Waals surface area contributed by atoms with Crippen LogP contribution in [0.5, 0.6) is 0 Å². The summed E-state index contributed by atoms with van der Waals surface area (Å²) in [4.78, 5) is 2.48. The Morgan fingerprint density at radius 3 is 2.50 bits per heavy atom. The highest BCUT2D eigenvalue weighted by molar-refractivity contribution is 5.69. The Labute approximate surface area is 85.9 Å². The molecule has 0 amide bonds. The fourth-order valence-electron chi connectivity index (χ4n) is 2.10. The number of para-hydroxylation sites is 2. The van der Waals surface area contributed by atoms with Crippen LogP contribution in [-0.2, 0) is 0 Å². The second kappa shape index (κ2) is 4.36. The fraction of sp³-hybridized carbons (Fsp3) is 0.500. The van der Waals surface area contributed by atoms with Gasteiger partial charge in [0, 0.05) is 20.1 Å². The molecule has 0 spiro atoms. The Morgan fingerprint density at radius 1 is 1.07 bits per heavy atom. The molecule has 0 saturated carbocycles. The molecule has 0 unspecified atom stereocenters. The zero-order valence-electron chi connectivity index (χ0n) is 8.79. The number of rotatable bonds is 2. The molecule has 2 rings (SSSR count). The molecule has 0 aromatic heterocycles. The van der Waals surface area contributed by atoms with Gasteiger partial charge >= 0.3 is 0 Å². The molecule has 0 aliphatic carbocycles. The van der Waals surface area contributed by atoms with Crippen LogP contribution in [0.2, 0.25) is 0 Å². The van der Waals surface area contributed by atoms with E-state index < -0.39 is 0 Å². The van der Waals surface area contributed by atoms with Gasteiger partial charge < -0.3 is 10.2 Å². The first kappa shape index (κ1) is 9.38. The summed E-state index contributed by atoms with van der Waals surface area (Å²) in [5.74, 6) is 0. The maximum absolute atomic E-state index is 3.25. The normalized spacial score (nSPS) is 16.8. The lowest BCUT2D eigenvalue weighted by molar-refractivity contribution is 0.578. The standard InChI is InChI=1S/C12H18N2/c1-13-11-7-3-4-8-12(11)14-9-5-2-6-10-14/h3-4,7-8,13H,2,5-6,9-10H2,1H3. The van der Waals surface area contributed by atoms with Crippen molar-refractivity contribution in [3.05, 3.63) is 24.3 Å². The number of nitrogens with zero attached hydrogens (tertiary/aromatic N) is 1. The van der Waals surface area contributed by atoms with Crippen molar-refractivity contribution in [1.29, 1.82) is 0 Å². The van der Waals surface area contributed by atoms with Gasteiger partial charge in [-0.2, -0.15) is 0 Å². The van der Waals surface area contributed by atoms with Gasteiger partial charge in [-0.05, 0) is 31.4 Å². The molecule has 0 radical (unpaired) electrons. The van der Waals surface area contributed by atoms with Crippen LogP contribution in [0.1, 0.15) is 19.3 Å². The van der Waals surface area contributed by atoms with Crippen molar-refractivity contribution in [1.82, 2.24) is 0 Å². The minimum Gasteiger partial charge on any atom is -0.386 e. The zero-order valence-corrected chi connectivity index (χ0v) is 8.79. The van der Waals surface area contributed by atoms with E-state index in [9.17, 15) is 0 Å². The monoisotopic (exact) mass is 190 g/mol. The van der Waals surface area contributed by atoms with E-state index in [0.29, 0.717) is 0 Å². The number of benzene rings is 1. The van der Waals surface area contributed by atoms with Gasteiger partial charge in [-0.25, -0.2) is 0 Å².